The van der Waals surface area contributed by atoms with Crippen molar-refractivity contribution in [1.82, 2.24) is 14.9 Å². The first kappa shape index (κ1) is 24.3. The van der Waals surface area contributed by atoms with Gasteiger partial charge in [0.2, 0.25) is 0 Å². The molecule has 1 unspecified atom stereocenters. The second-order valence-corrected chi connectivity index (χ2v) is 8.51. The summed E-state index contributed by atoms with van der Waals surface area (Å²) in [6, 6.07) is 12.2. The van der Waals surface area contributed by atoms with Gasteiger partial charge in [-0.25, -0.2) is 9.78 Å². The van der Waals surface area contributed by atoms with E-state index in [1.165, 1.54) is 11.3 Å². The van der Waals surface area contributed by atoms with Crippen molar-refractivity contribution in [2.75, 3.05) is 19.0 Å². The number of aryl methyl sites for hydroxylation is 1. The number of halogens is 3. The lowest BCUT2D eigenvalue weighted by Crippen LogP contribution is -2.32. The molecular weight excluding hydrogens is 457 g/mol. The minimum atomic E-state index is -5.08. The highest BCUT2D eigenvalue weighted by molar-refractivity contribution is 7.12. The molecule has 33 heavy (non-hydrogen) atoms. The Hall–Kier alpha value is -3.34. The van der Waals surface area contributed by atoms with Crippen LogP contribution in [0.1, 0.15) is 34.2 Å². The van der Waals surface area contributed by atoms with Crippen LogP contribution in [-0.2, 0) is 11.3 Å². The Kier molecular flexibility index (Phi) is 7.42. The van der Waals surface area contributed by atoms with Gasteiger partial charge >= 0.3 is 12.1 Å². The third kappa shape index (κ3) is 5.92. The number of anilines is 1. The van der Waals surface area contributed by atoms with Gasteiger partial charge in [0.1, 0.15) is 0 Å². The molecule has 1 aliphatic heterocycles. The van der Waals surface area contributed by atoms with Crippen LogP contribution in [0.25, 0.3) is 11.3 Å². The zero-order valence-corrected chi connectivity index (χ0v) is 18.8. The summed E-state index contributed by atoms with van der Waals surface area (Å²) in [6.45, 7) is 0.948. The number of amides is 1. The van der Waals surface area contributed by atoms with Crippen molar-refractivity contribution in [3.8, 4) is 11.3 Å². The van der Waals surface area contributed by atoms with E-state index in [0.29, 0.717) is 0 Å². The molecule has 0 saturated heterocycles. The highest BCUT2D eigenvalue weighted by Gasteiger charge is 2.38. The molecule has 0 fully saturated rings. The molecule has 0 spiro atoms. The molecule has 0 aliphatic carbocycles. The van der Waals surface area contributed by atoms with Gasteiger partial charge in [0.05, 0.1) is 28.6 Å². The zero-order valence-electron chi connectivity index (χ0n) is 18.0. The van der Waals surface area contributed by atoms with Crippen molar-refractivity contribution in [1.29, 1.82) is 0 Å². The van der Waals surface area contributed by atoms with E-state index in [4.69, 9.17) is 9.90 Å². The Morgan fingerprint density at radius 2 is 1.88 bits per heavy atom. The molecule has 2 N–H and O–H groups in total. The largest absolute Gasteiger partial charge is 0.490 e. The van der Waals surface area contributed by atoms with Crippen LogP contribution in [0.3, 0.4) is 0 Å². The standard InChI is InChI=1S/C20H22N4OS.C2HF3O2/c1-23(2)15-9-7-14(8-10-15)18-19-16(5-3-11-24(19)13-21-18)22-20(25)17-6-4-12-26-17;3-2(4,5)1(6)7/h4,6-10,12-13,16H,3,5,11H2,1-2H3,(H,22,25);(H,6,7). The lowest BCUT2D eigenvalue weighted by Gasteiger charge is -2.26. The van der Waals surface area contributed by atoms with Gasteiger partial charge in [-0.15, -0.1) is 11.3 Å². The van der Waals surface area contributed by atoms with Crippen molar-refractivity contribution >= 4 is 28.9 Å². The van der Waals surface area contributed by atoms with Gasteiger partial charge in [-0.2, -0.15) is 13.2 Å². The minimum Gasteiger partial charge on any atom is -0.475 e. The number of nitrogens with one attached hydrogen (secondary N) is 1. The summed E-state index contributed by atoms with van der Waals surface area (Å²) in [4.78, 5) is 28.9. The molecule has 0 radical (unpaired) electrons. The Morgan fingerprint density at radius 3 is 2.42 bits per heavy atom. The van der Waals surface area contributed by atoms with Crippen molar-refractivity contribution in [3.05, 3.63) is 58.7 Å². The van der Waals surface area contributed by atoms with Crippen molar-refractivity contribution < 1.29 is 27.9 Å². The minimum absolute atomic E-state index is 0.00597. The molecule has 11 heteroatoms. The summed E-state index contributed by atoms with van der Waals surface area (Å²) in [5.41, 5.74) is 4.32. The van der Waals surface area contributed by atoms with E-state index in [2.05, 4.69) is 44.0 Å². The lowest BCUT2D eigenvalue weighted by molar-refractivity contribution is -0.192. The van der Waals surface area contributed by atoms with Crippen LogP contribution in [0.4, 0.5) is 18.9 Å². The molecule has 7 nitrogen and oxygen atoms in total. The van der Waals surface area contributed by atoms with Crippen LogP contribution in [0.15, 0.2) is 48.1 Å². The van der Waals surface area contributed by atoms with E-state index >= 15 is 0 Å². The van der Waals surface area contributed by atoms with E-state index < -0.39 is 12.1 Å². The molecule has 1 atom stereocenters. The van der Waals surface area contributed by atoms with Crippen LogP contribution >= 0.6 is 11.3 Å². The Morgan fingerprint density at radius 1 is 1.21 bits per heavy atom. The first-order chi connectivity index (χ1) is 15.6. The number of carbonyl (C=O) groups excluding carboxylic acids is 1. The van der Waals surface area contributed by atoms with E-state index in [9.17, 15) is 18.0 Å². The number of carbonyl (C=O) groups is 2. The van der Waals surface area contributed by atoms with Crippen molar-refractivity contribution in [2.45, 2.75) is 31.6 Å². The van der Waals surface area contributed by atoms with Crippen molar-refractivity contribution in [3.63, 3.8) is 0 Å². The van der Waals surface area contributed by atoms with Crippen LogP contribution in [0.5, 0.6) is 0 Å². The highest BCUT2D eigenvalue weighted by atomic mass is 32.1. The summed E-state index contributed by atoms with van der Waals surface area (Å²) in [5.74, 6) is -2.76. The number of imidazole rings is 1. The third-order valence-electron chi connectivity index (χ3n) is 5.05. The monoisotopic (exact) mass is 480 g/mol. The number of carboxylic acid groups (broad SMARTS) is 1. The van der Waals surface area contributed by atoms with Gasteiger partial charge in [-0.1, -0.05) is 18.2 Å². The number of aliphatic carboxylic acids is 1. The Bertz CT molecular complexity index is 1090. The van der Waals surface area contributed by atoms with Crippen LogP contribution in [0.2, 0.25) is 0 Å². The number of alkyl halides is 3. The number of nitrogens with zero attached hydrogens (tertiary/aromatic N) is 3. The summed E-state index contributed by atoms with van der Waals surface area (Å²) < 4.78 is 33.9. The van der Waals surface area contributed by atoms with Gasteiger partial charge in [0, 0.05) is 31.9 Å². The fraction of sp³-hybridized carbons (Fsp3) is 0.318. The molecule has 1 aliphatic rings. The number of thiophene rings is 1. The van der Waals surface area contributed by atoms with Crippen LogP contribution in [-0.4, -0.2) is 46.8 Å². The molecule has 3 heterocycles. The second kappa shape index (κ2) is 10.1. The maximum Gasteiger partial charge on any atom is 0.490 e. The molecule has 4 rings (SSSR count). The average Bonchev–Trinajstić information content (AvgIpc) is 3.44. The van der Waals surface area contributed by atoms with Gasteiger partial charge in [-0.3, -0.25) is 4.79 Å². The SMILES string of the molecule is CN(C)c1ccc(-c2ncn3c2C(NC(=O)c2cccs2)CCC3)cc1.O=C(O)C(F)(F)F. The second-order valence-electron chi connectivity index (χ2n) is 7.56. The first-order valence-corrected chi connectivity index (χ1v) is 10.9. The molecular formula is C22H23F3N4O3S. The average molecular weight is 481 g/mol. The molecule has 2 aromatic heterocycles. The molecule has 1 aromatic carbocycles. The highest BCUT2D eigenvalue weighted by Crippen LogP contribution is 2.34. The zero-order chi connectivity index (χ0) is 24.2. The summed E-state index contributed by atoms with van der Waals surface area (Å²) >= 11 is 1.47. The molecule has 3 aromatic rings. The van der Waals surface area contributed by atoms with Gasteiger partial charge < -0.3 is 19.9 Å². The normalized spacial score (nSPS) is 15.1. The number of benzene rings is 1. The molecule has 0 saturated carbocycles. The van der Waals surface area contributed by atoms with E-state index in [1.54, 1.807) is 0 Å². The number of hydrogen-bond donors (Lipinski definition) is 2. The van der Waals surface area contributed by atoms with E-state index in [-0.39, 0.29) is 11.9 Å². The fourth-order valence-corrected chi connectivity index (χ4v) is 4.08. The van der Waals surface area contributed by atoms with Crippen LogP contribution in [0, 0.1) is 0 Å². The number of fused-ring (bicyclic) bond motifs is 1. The number of carboxylic acids is 1. The summed E-state index contributed by atoms with van der Waals surface area (Å²) in [7, 11) is 4.06. The quantitative estimate of drug-likeness (QED) is 0.571. The number of hydrogen-bond acceptors (Lipinski definition) is 5. The van der Waals surface area contributed by atoms with Crippen LogP contribution < -0.4 is 10.2 Å². The Balaban J connectivity index is 0.000000383. The van der Waals surface area contributed by atoms with E-state index in [0.717, 1.165) is 46.9 Å². The van der Waals surface area contributed by atoms with Crippen molar-refractivity contribution in [2.24, 2.45) is 0 Å². The molecule has 0 bridgehead atoms. The number of rotatable bonds is 4. The third-order valence-corrected chi connectivity index (χ3v) is 5.92. The molecule has 1 amide bonds. The predicted octanol–water partition coefficient (Wildman–Crippen LogP) is 4.58. The summed E-state index contributed by atoms with van der Waals surface area (Å²) in [6.07, 6.45) is -1.21. The van der Waals surface area contributed by atoms with Gasteiger partial charge in [-0.05, 0) is 36.4 Å². The predicted molar refractivity (Wildman–Crippen MR) is 119 cm³/mol. The van der Waals surface area contributed by atoms with Gasteiger partial charge in [0.25, 0.3) is 5.91 Å². The molecule has 176 valence electrons. The van der Waals surface area contributed by atoms with Gasteiger partial charge in [0.15, 0.2) is 0 Å². The first-order valence-electron chi connectivity index (χ1n) is 10.0. The smallest absolute Gasteiger partial charge is 0.475 e. The fourth-order valence-electron chi connectivity index (χ4n) is 3.46. The lowest BCUT2D eigenvalue weighted by atomic mass is 9.98. The number of aromatic nitrogens is 2. The maximum absolute atomic E-state index is 12.5. The summed E-state index contributed by atoms with van der Waals surface area (Å²) in [5, 5.41) is 12.3. The topological polar surface area (TPSA) is 87.5 Å². The maximum atomic E-state index is 12.5. The Labute approximate surface area is 192 Å². The van der Waals surface area contributed by atoms with E-state index in [1.807, 2.05) is 37.9 Å².